The summed E-state index contributed by atoms with van der Waals surface area (Å²) in [5, 5.41) is 3.36. The highest BCUT2D eigenvalue weighted by Crippen LogP contribution is 2.08. The molecule has 0 radical (unpaired) electrons. The average Bonchev–Trinajstić information content (AvgIpc) is 2.74. The second-order valence-electron chi connectivity index (χ2n) is 4.08. The summed E-state index contributed by atoms with van der Waals surface area (Å²) in [4.78, 5) is 10.9. The van der Waals surface area contributed by atoms with Gasteiger partial charge in [-0.05, 0) is 0 Å². The van der Waals surface area contributed by atoms with Crippen LogP contribution in [0.15, 0.2) is 24.8 Å². The number of nitrogens with one attached hydrogen (secondary N) is 1. The molecular formula is C11H15N5. The highest BCUT2D eigenvalue weighted by Gasteiger charge is 2.12. The minimum Gasteiger partial charge on any atom is -0.314 e. The monoisotopic (exact) mass is 217 g/mol. The first-order chi connectivity index (χ1) is 7.93. The van der Waals surface area contributed by atoms with Crippen molar-refractivity contribution in [1.82, 2.24) is 24.6 Å². The standard InChI is InChI=1S/C11H15N5/c1-4-15(5-2-12-1)9-10-7-14-11-8-13-3-6-16(10)11/h3,6-8,12H,1-2,4-5,9H2. The van der Waals surface area contributed by atoms with Crippen molar-refractivity contribution in [3.8, 4) is 0 Å². The van der Waals surface area contributed by atoms with E-state index in [2.05, 4.69) is 24.6 Å². The molecule has 0 atom stereocenters. The summed E-state index contributed by atoms with van der Waals surface area (Å²) >= 11 is 0. The van der Waals surface area contributed by atoms with Gasteiger partial charge in [0.1, 0.15) is 0 Å². The molecule has 0 bridgehead atoms. The van der Waals surface area contributed by atoms with E-state index >= 15 is 0 Å². The van der Waals surface area contributed by atoms with E-state index in [-0.39, 0.29) is 0 Å². The predicted octanol–water partition coefficient (Wildman–Crippen LogP) is 0.134. The maximum Gasteiger partial charge on any atom is 0.155 e. The molecule has 16 heavy (non-hydrogen) atoms. The summed E-state index contributed by atoms with van der Waals surface area (Å²) in [5.74, 6) is 0. The van der Waals surface area contributed by atoms with Crippen LogP contribution in [0.3, 0.4) is 0 Å². The van der Waals surface area contributed by atoms with Gasteiger partial charge < -0.3 is 5.32 Å². The van der Waals surface area contributed by atoms with Crippen LogP contribution in [0.5, 0.6) is 0 Å². The van der Waals surface area contributed by atoms with Crippen LogP contribution < -0.4 is 5.32 Å². The van der Waals surface area contributed by atoms with Gasteiger partial charge in [0.2, 0.25) is 0 Å². The number of aromatic nitrogens is 3. The SMILES string of the molecule is c1cn2c(CN3CCNCC3)cnc2cn1. The van der Waals surface area contributed by atoms with Gasteiger partial charge in [-0.2, -0.15) is 0 Å². The third kappa shape index (κ3) is 1.79. The zero-order valence-corrected chi connectivity index (χ0v) is 9.13. The quantitative estimate of drug-likeness (QED) is 0.777. The van der Waals surface area contributed by atoms with Gasteiger partial charge in [-0.3, -0.25) is 14.3 Å². The van der Waals surface area contributed by atoms with Crippen LogP contribution in [0.2, 0.25) is 0 Å². The van der Waals surface area contributed by atoms with Crippen molar-refractivity contribution >= 4 is 5.65 Å². The maximum atomic E-state index is 4.34. The van der Waals surface area contributed by atoms with Crippen LogP contribution in [0, 0.1) is 0 Å². The van der Waals surface area contributed by atoms with Crippen molar-refractivity contribution in [3.63, 3.8) is 0 Å². The Morgan fingerprint density at radius 3 is 3.00 bits per heavy atom. The predicted molar refractivity (Wildman–Crippen MR) is 61.1 cm³/mol. The summed E-state index contributed by atoms with van der Waals surface area (Å²) < 4.78 is 2.11. The van der Waals surface area contributed by atoms with Crippen LogP contribution >= 0.6 is 0 Å². The number of imidazole rings is 1. The summed E-state index contributed by atoms with van der Waals surface area (Å²) in [5.41, 5.74) is 2.16. The molecule has 5 heteroatoms. The lowest BCUT2D eigenvalue weighted by atomic mass is 10.3. The van der Waals surface area contributed by atoms with Gasteiger partial charge in [-0.15, -0.1) is 0 Å². The molecule has 3 rings (SSSR count). The molecular weight excluding hydrogens is 202 g/mol. The van der Waals surface area contributed by atoms with Gasteiger partial charge in [0.05, 0.1) is 18.1 Å². The first kappa shape index (κ1) is 9.74. The third-order valence-electron chi connectivity index (χ3n) is 2.99. The minimum atomic E-state index is 0.924. The highest BCUT2D eigenvalue weighted by atomic mass is 15.2. The molecule has 5 nitrogen and oxygen atoms in total. The molecule has 1 aliphatic heterocycles. The van der Waals surface area contributed by atoms with E-state index in [0.717, 1.165) is 38.4 Å². The first-order valence-corrected chi connectivity index (χ1v) is 5.62. The summed E-state index contributed by atoms with van der Waals surface area (Å²) in [6.07, 6.45) is 7.51. The summed E-state index contributed by atoms with van der Waals surface area (Å²) in [6, 6.07) is 0. The Morgan fingerprint density at radius 2 is 2.12 bits per heavy atom. The molecule has 1 N–H and O–H groups in total. The lowest BCUT2D eigenvalue weighted by Gasteiger charge is -2.26. The number of hydrogen-bond acceptors (Lipinski definition) is 4. The topological polar surface area (TPSA) is 45.5 Å². The summed E-state index contributed by atoms with van der Waals surface area (Å²) in [7, 11) is 0. The smallest absolute Gasteiger partial charge is 0.155 e. The third-order valence-corrected chi connectivity index (χ3v) is 2.99. The Balaban J connectivity index is 1.83. The Kier molecular flexibility index (Phi) is 2.55. The Labute approximate surface area is 94.1 Å². The molecule has 2 aromatic rings. The van der Waals surface area contributed by atoms with Gasteiger partial charge >= 0.3 is 0 Å². The van der Waals surface area contributed by atoms with E-state index in [4.69, 9.17) is 0 Å². The van der Waals surface area contributed by atoms with Gasteiger partial charge in [-0.1, -0.05) is 0 Å². The zero-order chi connectivity index (χ0) is 10.8. The van der Waals surface area contributed by atoms with Gasteiger partial charge in [-0.25, -0.2) is 4.98 Å². The molecule has 3 heterocycles. The first-order valence-electron chi connectivity index (χ1n) is 5.62. The van der Waals surface area contributed by atoms with Crippen molar-refractivity contribution in [2.45, 2.75) is 6.54 Å². The van der Waals surface area contributed by atoms with E-state index in [1.54, 1.807) is 12.4 Å². The molecule has 1 saturated heterocycles. The van der Waals surface area contributed by atoms with Crippen molar-refractivity contribution in [1.29, 1.82) is 0 Å². The average molecular weight is 217 g/mol. The Bertz CT molecular complexity index is 472. The Morgan fingerprint density at radius 1 is 1.25 bits per heavy atom. The van der Waals surface area contributed by atoms with Gasteiger partial charge in [0.15, 0.2) is 5.65 Å². The fraction of sp³-hybridized carbons (Fsp3) is 0.455. The fourth-order valence-electron chi connectivity index (χ4n) is 2.11. The maximum absolute atomic E-state index is 4.34. The number of piperazine rings is 1. The normalized spacial score (nSPS) is 18.0. The lowest BCUT2D eigenvalue weighted by molar-refractivity contribution is 0.230. The highest BCUT2D eigenvalue weighted by molar-refractivity contribution is 5.36. The molecule has 0 aromatic carbocycles. The van der Waals surface area contributed by atoms with Crippen molar-refractivity contribution < 1.29 is 0 Å². The van der Waals surface area contributed by atoms with E-state index < -0.39 is 0 Å². The van der Waals surface area contributed by atoms with E-state index in [1.807, 2.05) is 12.4 Å². The molecule has 1 aliphatic rings. The fourth-order valence-corrected chi connectivity index (χ4v) is 2.11. The van der Waals surface area contributed by atoms with Crippen LogP contribution in [0.1, 0.15) is 5.69 Å². The molecule has 0 unspecified atom stereocenters. The molecule has 0 amide bonds. The summed E-state index contributed by atoms with van der Waals surface area (Å²) in [6.45, 7) is 5.35. The molecule has 0 spiro atoms. The zero-order valence-electron chi connectivity index (χ0n) is 9.13. The van der Waals surface area contributed by atoms with Crippen molar-refractivity contribution in [3.05, 3.63) is 30.5 Å². The Hall–Kier alpha value is -1.46. The van der Waals surface area contributed by atoms with Gasteiger partial charge in [0.25, 0.3) is 0 Å². The van der Waals surface area contributed by atoms with Crippen LogP contribution in [0.4, 0.5) is 0 Å². The molecule has 0 saturated carbocycles. The van der Waals surface area contributed by atoms with E-state index in [0.29, 0.717) is 0 Å². The van der Waals surface area contributed by atoms with Crippen LogP contribution in [-0.4, -0.2) is 45.4 Å². The van der Waals surface area contributed by atoms with E-state index in [9.17, 15) is 0 Å². The van der Waals surface area contributed by atoms with Crippen molar-refractivity contribution in [2.24, 2.45) is 0 Å². The number of hydrogen-bond donors (Lipinski definition) is 1. The number of fused-ring (bicyclic) bond motifs is 1. The minimum absolute atomic E-state index is 0.924. The van der Waals surface area contributed by atoms with Gasteiger partial charge in [0, 0.05) is 45.1 Å². The molecule has 2 aromatic heterocycles. The van der Waals surface area contributed by atoms with E-state index in [1.165, 1.54) is 5.69 Å². The molecule has 1 fully saturated rings. The van der Waals surface area contributed by atoms with Crippen molar-refractivity contribution in [2.75, 3.05) is 26.2 Å². The van der Waals surface area contributed by atoms with Crippen LogP contribution in [-0.2, 0) is 6.54 Å². The molecule has 84 valence electrons. The second-order valence-corrected chi connectivity index (χ2v) is 4.08. The van der Waals surface area contributed by atoms with Crippen LogP contribution in [0.25, 0.3) is 5.65 Å². The second kappa shape index (κ2) is 4.19. The number of nitrogens with zero attached hydrogens (tertiary/aromatic N) is 4. The number of rotatable bonds is 2. The lowest BCUT2D eigenvalue weighted by Crippen LogP contribution is -2.43. The largest absolute Gasteiger partial charge is 0.314 e. The molecule has 0 aliphatic carbocycles.